The molecule has 0 bridgehead atoms. The number of aryl methyl sites for hydroxylation is 3. The number of rotatable bonds is 2. The molecule has 2 aliphatic rings. The Morgan fingerprint density at radius 1 is 0.967 bits per heavy atom. The van der Waals surface area contributed by atoms with Crippen molar-refractivity contribution in [2.24, 2.45) is 10.6 Å². The maximum Gasteiger partial charge on any atom is 0.183 e. The molecule has 0 saturated carbocycles. The molecule has 1 fully saturated rings. The van der Waals surface area contributed by atoms with Crippen molar-refractivity contribution in [3.63, 3.8) is 0 Å². The van der Waals surface area contributed by atoms with Gasteiger partial charge in [-0.2, -0.15) is 0 Å². The van der Waals surface area contributed by atoms with E-state index in [2.05, 4.69) is 56.0 Å². The van der Waals surface area contributed by atoms with Crippen LogP contribution in [0.4, 0.5) is 0 Å². The molecule has 1 saturated heterocycles. The molecule has 5 nitrogen and oxygen atoms in total. The molecular weight excluding hydrogens is 376 g/mol. The second-order valence-corrected chi connectivity index (χ2v) is 8.25. The summed E-state index contributed by atoms with van der Waals surface area (Å²) in [7, 11) is 0. The average Bonchev–Trinajstić information content (AvgIpc) is 3.27. The van der Waals surface area contributed by atoms with Crippen LogP contribution in [0, 0.1) is 26.2 Å². The quantitative estimate of drug-likeness (QED) is 0.590. The van der Waals surface area contributed by atoms with Crippen molar-refractivity contribution < 1.29 is 15.7 Å². The highest BCUT2D eigenvalue weighted by Gasteiger charge is 2.29. The van der Waals surface area contributed by atoms with Crippen LogP contribution in [0.1, 0.15) is 69.8 Å². The summed E-state index contributed by atoms with van der Waals surface area (Å²) >= 11 is 0. The van der Waals surface area contributed by atoms with E-state index in [-0.39, 0.29) is 13.1 Å². The number of oxime groups is 1. The lowest BCUT2D eigenvalue weighted by atomic mass is 9.95. The van der Waals surface area contributed by atoms with Crippen molar-refractivity contribution in [1.29, 1.82) is 0 Å². The highest BCUT2D eigenvalue weighted by Crippen LogP contribution is 2.31. The summed E-state index contributed by atoms with van der Waals surface area (Å²) in [6.45, 7) is 16.8. The number of aromatic nitrogens is 1. The SMILES string of the molecule is CC.Cc1ccc(C2OCC(C)(C)CO2)cc1C.Cc1cccnc1C1=NOCC1.[HH]. The molecule has 30 heavy (non-hydrogen) atoms. The fraction of sp³-hybridized carbons (Fsp3) is 0.520. The minimum absolute atomic E-state index is 0. The van der Waals surface area contributed by atoms with Gasteiger partial charge in [0.2, 0.25) is 0 Å². The monoisotopic (exact) mass is 414 g/mol. The highest BCUT2D eigenvalue weighted by molar-refractivity contribution is 6.00. The van der Waals surface area contributed by atoms with Gasteiger partial charge in [0.1, 0.15) is 12.3 Å². The molecule has 0 unspecified atom stereocenters. The Morgan fingerprint density at radius 3 is 2.23 bits per heavy atom. The first-order valence-corrected chi connectivity index (χ1v) is 10.8. The van der Waals surface area contributed by atoms with Crippen LogP contribution in [0.3, 0.4) is 0 Å². The van der Waals surface area contributed by atoms with Gasteiger partial charge in [0, 0.05) is 25.0 Å². The van der Waals surface area contributed by atoms with E-state index in [1.54, 1.807) is 6.20 Å². The molecule has 0 N–H and O–H groups in total. The third-order valence-electron chi connectivity index (χ3n) is 4.94. The Kier molecular flexibility index (Phi) is 9.00. The predicted octanol–water partition coefficient (Wildman–Crippen LogP) is 6.16. The number of benzene rings is 1. The van der Waals surface area contributed by atoms with Crippen LogP contribution >= 0.6 is 0 Å². The molecule has 2 aliphatic heterocycles. The van der Waals surface area contributed by atoms with E-state index in [0.29, 0.717) is 6.61 Å². The normalized spacial score (nSPS) is 17.6. The zero-order valence-electron chi connectivity index (χ0n) is 19.5. The fourth-order valence-corrected chi connectivity index (χ4v) is 3.06. The summed E-state index contributed by atoms with van der Waals surface area (Å²) in [5.41, 5.74) is 6.94. The third kappa shape index (κ3) is 6.64. The van der Waals surface area contributed by atoms with Crippen molar-refractivity contribution in [3.05, 3.63) is 64.5 Å². The summed E-state index contributed by atoms with van der Waals surface area (Å²) in [6, 6.07) is 10.3. The first-order valence-electron chi connectivity index (χ1n) is 10.8. The summed E-state index contributed by atoms with van der Waals surface area (Å²) in [6.07, 6.45) is 2.47. The van der Waals surface area contributed by atoms with Gasteiger partial charge in [0.15, 0.2) is 6.29 Å². The van der Waals surface area contributed by atoms with E-state index in [1.165, 1.54) is 11.1 Å². The molecule has 2 aromatic rings. The van der Waals surface area contributed by atoms with Crippen LogP contribution in [-0.2, 0) is 14.3 Å². The minimum Gasteiger partial charge on any atom is -0.395 e. The van der Waals surface area contributed by atoms with Crippen LogP contribution in [0.25, 0.3) is 0 Å². The van der Waals surface area contributed by atoms with E-state index in [9.17, 15) is 0 Å². The zero-order chi connectivity index (χ0) is 22.1. The van der Waals surface area contributed by atoms with Crippen molar-refractivity contribution in [2.75, 3.05) is 19.8 Å². The van der Waals surface area contributed by atoms with Crippen molar-refractivity contribution in [2.45, 2.75) is 61.2 Å². The van der Waals surface area contributed by atoms with E-state index in [1.807, 2.05) is 32.9 Å². The molecule has 3 heterocycles. The summed E-state index contributed by atoms with van der Waals surface area (Å²) in [5.74, 6) is 0. The number of hydrogen-bond acceptors (Lipinski definition) is 5. The van der Waals surface area contributed by atoms with E-state index >= 15 is 0 Å². The number of nitrogens with zero attached hydrogens (tertiary/aromatic N) is 2. The first-order chi connectivity index (χ1) is 14.4. The van der Waals surface area contributed by atoms with Crippen LogP contribution in [0.2, 0.25) is 0 Å². The maximum atomic E-state index is 5.75. The van der Waals surface area contributed by atoms with Gasteiger partial charge in [0.05, 0.1) is 18.9 Å². The molecule has 1 aromatic heterocycles. The van der Waals surface area contributed by atoms with E-state index < -0.39 is 0 Å². The first kappa shape index (κ1) is 24.0. The molecule has 0 amide bonds. The molecule has 0 radical (unpaired) electrons. The Hall–Kier alpha value is -2.24. The smallest absolute Gasteiger partial charge is 0.183 e. The summed E-state index contributed by atoms with van der Waals surface area (Å²) in [5, 5.41) is 3.92. The fourth-order valence-electron chi connectivity index (χ4n) is 3.06. The molecule has 4 rings (SSSR count). The highest BCUT2D eigenvalue weighted by atomic mass is 16.7. The molecule has 0 atom stereocenters. The Labute approximate surface area is 182 Å². The van der Waals surface area contributed by atoms with Crippen LogP contribution < -0.4 is 0 Å². The van der Waals surface area contributed by atoms with E-state index in [4.69, 9.17) is 14.3 Å². The standard InChI is InChI=1S/C14H20O2.C9H10N2O.C2H6.H2/c1-10-5-6-12(7-11(10)2)13-15-8-14(3,4)9-16-13;1-7-3-2-5-10-9(7)8-4-6-12-11-8;1-2;/h5-7,13H,8-9H2,1-4H3;2-3,5H,4,6H2,1H3;1-2H3;1H. The lowest BCUT2D eigenvalue weighted by molar-refractivity contribution is -0.226. The number of hydrogen-bond donors (Lipinski definition) is 0. The van der Waals surface area contributed by atoms with Gasteiger partial charge < -0.3 is 14.3 Å². The zero-order valence-corrected chi connectivity index (χ0v) is 19.5. The number of pyridine rings is 1. The Morgan fingerprint density at radius 2 is 1.67 bits per heavy atom. The van der Waals surface area contributed by atoms with Crippen molar-refractivity contribution in [1.82, 2.24) is 4.98 Å². The van der Waals surface area contributed by atoms with Gasteiger partial charge in [-0.15, -0.1) is 0 Å². The minimum atomic E-state index is -0.188. The van der Waals surface area contributed by atoms with Gasteiger partial charge in [0.25, 0.3) is 0 Å². The summed E-state index contributed by atoms with van der Waals surface area (Å²) in [4.78, 5) is 9.16. The lowest BCUT2D eigenvalue weighted by Crippen LogP contribution is -2.33. The predicted molar refractivity (Wildman–Crippen MR) is 124 cm³/mol. The largest absolute Gasteiger partial charge is 0.395 e. The van der Waals surface area contributed by atoms with Crippen LogP contribution in [0.15, 0.2) is 41.7 Å². The molecular formula is C25H38N2O3. The topological polar surface area (TPSA) is 52.9 Å². The van der Waals surface area contributed by atoms with Crippen molar-refractivity contribution >= 4 is 5.71 Å². The van der Waals surface area contributed by atoms with Gasteiger partial charge in [-0.1, -0.05) is 57.1 Å². The van der Waals surface area contributed by atoms with Gasteiger partial charge in [-0.25, -0.2) is 0 Å². The Bertz CT molecular complexity index is 842. The van der Waals surface area contributed by atoms with Gasteiger partial charge in [-0.3, -0.25) is 4.98 Å². The molecule has 166 valence electrons. The van der Waals surface area contributed by atoms with Gasteiger partial charge >= 0.3 is 0 Å². The average molecular weight is 415 g/mol. The second-order valence-electron chi connectivity index (χ2n) is 8.25. The van der Waals surface area contributed by atoms with Crippen molar-refractivity contribution in [3.8, 4) is 0 Å². The molecule has 0 aliphatic carbocycles. The molecule has 1 aromatic carbocycles. The second kappa shape index (κ2) is 11.2. The summed E-state index contributed by atoms with van der Waals surface area (Å²) < 4.78 is 11.5. The molecule has 5 heteroatoms. The van der Waals surface area contributed by atoms with Gasteiger partial charge in [-0.05, 0) is 43.5 Å². The van der Waals surface area contributed by atoms with E-state index in [0.717, 1.165) is 42.2 Å². The maximum absolute atomic E-state index is 5.75. The van der Waals surface area contributed by atoms with Crippen LogP contribution in [0.5, 0.6) is 0 Å². The lowest BCUT2D eigenvalue weighted by Gasteiger charge is -2.34. The number of ether oxygens (including phenoxy) is 2. The molecule has 0 spiro atoms. The Balaban J connectivity index is 0.000000287. The third-order valence-corrected chi connectivity index (χ3v) is 4.94. The van der Waals surface area contributed by atoms with Crippen LogP contribution in [-0.4, -0.2) is 30.5 Å².